The van der Waals surface area contributed by atoms with Crippen molar-refractivity contribution >= 4 is 6.09 Å². The zero-order valence-corrected chi connectivity index (χ0v) is 20.5. The molecule has 3 aliphatic rings. The summed E-state index contributed by atoms with van der Waals surface area (Å²) in [6.45, 7) is 14.7. The van der Waals surface area contributed by atoms with E-state index < -0.39 is 5.60 Å². The standard InChI is InChI=1S/C26H40FN3O2/c1-19-18-29(26(5)10-12-28(13-11-26)24(31)32-25(2,3)4)14-15-30(19)23-9-8-21-7-6-20(17-27)16-22(21)23/h6-7,16,19,23H,8-15,17-18H2,1-5H3/t19-,23?/m0/s1. The maximum atomic E-state index is 13.2. The van der Waals surface area contributed by atoms with Crippen LogP contribution in [0, 0.1) is 0 Å². The van der Waals surface area contributed by atoms with Crippen molar-refractivity contribution in [3.8, 4) is 0 Å². The van der Waals surface area contributed by atoms with Crippen molar-refractivity contribution in [1.29, 1.82) is 0 Å². The van der Waals surface area contributed by atoms with E-state index in [1.807, 2.05) is 31.7 Å². The molecule has 4 rings (SSSR count). The highest BCUT2D eigenvalue weighted by atomic mass is 19.1. The van der Waals surface area contributed by atoms with Crippen molar-refractivity contribution < 1.29 is 13.9 Å². The average Bonchev–Trinajstić information content (AvgIpc) is 3.15. The van der Waals surface area contributed by atoms with Gasteiger partial charge < -0.3 is 9.64 Å². The zero-order chi connectivity index (χ0) is 23.1. The first-order chi connectivity index (χ1) is 15.1. The van der Waals surface area contributed by atoms with E-state index >= 15 is 0 Å². The van der Waals surface area contributed by atoms with E-state index in [9.17, 15) is 9.18 Å². The lowest BCUT2D eigenvalue weighted by Gasteiger charge is -2.52. The molecule has 178 valence electrons. The number of hydrogen-bond acceptors (Lipinski definition) is 4. The van der Waals surface area contributed by atoms with Crippen LogP contribution in [0.4, 0.5) is 9.18 Å². The fraction of sp³-hybridized carbons (Fsp3) is 0.731. The van der Waals surface area contributed by atoms with Crippen LogP contribution in [0.3, 0.4) is 0 Å². The Morgan fingerprint density at radius 3 is 2.53 bits per heavy atom. The topological polar surface area (TPSA) is 36.0 Å². The van der Waals surface area contributed by atoms with Crippen LogP contribution in [0.5, 0.6) is 0 Å². The molecule has 1 unspecified atom stereocenters. The van der Waals surface area contributed by atoms with E-state index in [-0.39, 0.29) is 18.3 Å². The van der Waals surface area contributed by atoms with Gasteiger partial charge in [-0.25, -0.2) is 9.18 Å². The second kappa shape index (κ2) is 8.94. The average molecular weight is 446 g/mol. The molecule has 2 heterocycles. The van der Waals surface area contributed by atoms with Gasteiger partial charge >= 0.3 is 6.09 Å². The highest BCUT2D eigenvalue weighted by molar-refractivity contribution is 5.68. The Morgan fingerprint density at radius 1 is 1.19 bits per heavy atom. The lowest BCUT2D eigenvalue weighted by Crippen LogP contribution is -2.62. The summed E-state index contributed by atoms with van der Waals surface area (Å²) in [5.74, 6) is 0. The summed E-state index contributed by atoms with van der Waals surface area (Å²) in [4.78, 5) is 19.6. The molecule has 32 heavy (non-hydrogen) atoms. The van der Waals surface area contributed by atoms with Crippen molar-refractivity contribution in [3.63, 3.8) is 0 Å². The number of rotatable bonds is 3. The third-order valence-corrected chi connectivity index (χ3v) is 7.75. The second-order valence-corrected chi connectivity index (χ2v) is 11.2. The summed E-state index contributed by atoms with van der Waals surface area (Å²) in [5, 5.41) is 0. The van der Waals surface area contributed by atoms with Crippen molar-refractivity contribution in [2.75, 3.05) is 32.7 Å². The number of piperazine rings is 1. The van der Waals surface area contributed by atoms with E-state index in [4.69, 9.17) is 4.74 Å². The van der Waals surface area contributed by atoms with Crippen LogP contribution in [-0.4, -0.2) is 70.7 Å². The van der Waals surface area contributed by atoms with Gasteiger partial charge in [-0.3, -0.25) is 9.80 Å². The second-order valence-electron chi connectivity index (χ2n) is 11.2. The van der Waals surface area contributed by atoms with Crippen LogP contribution >= 0.6 is 0 Å². The fourth-order valence-electron chi connectivity index (χ4n) is 5.80. The smallest absolute Gasteiger partial charge is 0.410 e. The Balaban J connectivity index is 1.36. The number of carbonyl (C=O) groups excluding carboxylic acids is 1. The molecule has 2 fully saturated rings. The van der Waals surface area contributed by atoms with Crippen LogP contribution in [-0.2, 0) is 17.8 Å². The number of halogens is 1. The molecule has 1 amide bonds. The Hall–Kier alpha value is -1.66. The van der Waals surface area contributed by atoms with Gasteiger partial charge in [0.25, 0.3) is 0 Å². The molecule has 5 nitrogen and oxygen atoms in total. The number of alkyl halides is 1. The number of hydrogen-bond donors (Lipinski definition) is 0. The number of ether oxygens (including phenoxy) is 1. The van der Waals surface area contributed by atoms with Gasteiger partial charge in [0, 0.05) is 50.3 Å². The highest BCUT2D eigenvalue weighted by Gasteiger charge is 2.42. The SMILES string of the molecule is C[C@H]1CN(C2(C)CCN(C(=O)OC(C)(C)C)CC2)CCN1C1CCc2ccc(CF)cc21. The van der Waals surface area contributed by atoms with Gasteiger partial charge in [-0.2, -0.15) is 0 Å². The summed E-state index contributed by atoms with van der Waals surface area (Å²) < 4.78 is 18.8. The van der Waals surface area contributed by atoms with Crippen molar-refractivity contribution in [2.45, 2.75) is 90.2 Å². The summed E-state index contributed by atoms with van der Waals surface area (Å²) in [5.41, 5.74) is 3.20. The number of nitrogens with zero attached hydrogens (tertiary/aromatic N) is 3. The number of amides is 1. The van der Waals surface area contributed by atoms with Crippen molar-refractivity contribution in [1.82, 2.24) is 14.7 Å². The fourth-order valence-corrected chi connectivity index (χ4v) is 5.80. The van der Waals surface area contributed by atoms with E-state index in [1.165, 1.54) is 11.1 Å². The predicted octanol–water partition coefficient (Wildman–Crippen LogP) is 4.94. The molecule has 2 saturated heterocycles. The van der Waals surface area contributed by atoms with Crippen LogP contribution in [0.1, 0.15) is 76.6 Å². The molecule has 1 aliphatic carbocycles. The van der Waals surface area contributed by atoms with Crippen LogP contribution in [0.2, 0.25) is 0 Å². The molecule has 0 radical (unpaired) electrons. The maximum absolute atomic E-state index is 13.2. The molecular formula is C26H40FN3O2. The van der Waals surface area contributed by atoms with Gasteiger partial charge in [-0.05, 0) is 77.0 Å². The highest BCUT2D eigenvalue weighted by Crippen LogP contribution is 2.40. The predicted molar refractivity (Wildman–Crippen MR) is 126 cm³/mol. The van der Waals surface area contributed by atoms with Gasteiger partial charge in [-0.15, -0.1) is 0 Å². The van der Waals surface area contributed by atoms with E-state index in [1.54, 1.807) is 0 Å². The molecule has 1 aromatic rings. The number of likely N-dealkylation sites (tertiary alicyclic amines) is 1. The van der Waals surface area contributed by atoms with Crippen LogP contribution in [0.25, 0.3) is 0 Å². The molecule has 0 spiro atoms. The Labute approximate surface area is 192 Å². The minimum atomic E-state index is -0.451. The van der Waals surface area contributed by atoms with Crippen molar-refractivity contribution in [3.05, 3.63) is 34.9 Å². The number of aryl methyl sites for hydroxylation is 1. The zero-order valence-electron chi connectivity index (χ0n) is 20.5. The molecule has 6 heteroatoms. The number of fused-ring (bicyclic) bond motifs is 1. The lowest BCUT2D eigenvalue weighted by atomic mass is 9.86. The summed E-state index contributed by atoms with van der Waals surface area (Å²) in [6.07, 6.45) is 4.00. The minimum absolute atomic E-state index is 0.119. The first kappa shape index (κ1) is 23.5. The maximum Gasteiger partial charge on any atom is 0.410 e. The van der Waals surface area contributed by atoms with Gasteiger partial charge in [-0.1, -0.05) is 18.2 Å². The molecule has 2 aliphatic heterocycles. The Morgan fingerprint density at radius 2 is 1.91 bits per heavy atom. The molecule has 1 aromatic carbocycles. The number of benzene rings is 1. The molecule has 0 aromatic heterocycles. The molecule has 0 saturated carbocycles. The monoisotopic (exact) mass is 445 g/mol. The normalized spacial score (nSPS) is 26.8. The largest absolute Gasteiger partial charge is 0.444 e. The first-order valence-corrected chi connectivity index (χ1v) is 12.3. The first-order valence-electron chi connectivity index (χ1n) is 12.3. The van der Waals surface area contributed by atoms with Gasteiger partial charge in [0.15, 0.2) is 0 Å². The van der Waals surface area contributed by atoms with Crippen LogP contribution in [0.15, 0.2) is 18.2 Å². The van der Waals surface area contributed by atoms with E-state index in [2.05, 4.69) is 35.8 Å². The van der Waals surface area contributed by atoms with E-state index in [0.717, 1.165) is 64.0 Å². The van der Waals surface area contributed by atoms with Crippen LogP contribution < -0.4 is 0 Å². The summed E-state index contributed by atoms with van der Waals surface area (Å²) >= 11 is 0. The summed E-state index contributed by atoms with van der Waals surface area (Å²) in [6, 6.07) is 7.03. The van der Waals surface area contributed by atoms with Gasteiger partial charge in [0.1, 0.15) is 12.3 Å². The third-order valence-electron chi connectivity index (χ3n) is 7.75. The van der Waals surface area contributed by atoms with Crippen molar-refractivity contribution in [2.24, 2.45) is 0 Å². The summed E-state index contributed by atoms with van der Waals surface area (Å²) in [7, 11) is 0. The quantitative estimate of drug-likeness (QED) is 0.660. The molecule has 2 atom stereocenters. The minimum Gasteiger partial charge on any atom is -0.444 e. The Kier molecular flexibility index (Phi) is 6.56. The lowest BCUT2D eigenvalue weighted by molar-refractivity contribution is -0.0374. The third kappa shape index (κ3) is 4.81. The number of carbonyl (C=O) groups is 1. The molecular weight excluding hydrogens is 405 g/mol. The number of piperidine rings is 1. The van der Waals surface area contributed by atoms with E-state index in [0.29, 0.717) is 12.1 Å². The molecule has 0 N–H and O–H groups in total. The van der Waals surface area contributed by atoms with Gasteiger partial charge in [0.2, 0.25) is 0 Å². The Bertz CT molecular complexity index is 829. The van der Waals surface area contributed by atoms with Gasteiger partial charge in [0.05, 0.1) is 0 Å². The molecule has 0 bridgehead atoms.